The predicted molar refractivity (Wildman–Crippen MR) is 88.2 cm³/mol. The van der Waals surface area contributed by atoms with E-state index in [1.54, 1.807) is 17.1 Å². The van der Waals surface area contributed by atoms with Crippen molar-refractivity contribution in [2.75, 3.05) is 6.61 Å². The van der Waals surface area contributed by atoms with Gasteiger partial charge in [-0.1, -0.05) is 18.2 Å². The smallest absolute Gasteiger partial charge is 0.268 e. The summed E-state index contributed by atoms with van der Waals surface area (Å²) in [7, 11) is 0. The number of carbonyl (C=O) groups excluding carboxylic acids is 1. The first-order valence-corrected chi connectivity index (χ1v) is 7.58. The average Bonchev–Trinajstić information content (AvgIpc) is 3.15. The Kier molecular flexibility index (Phi) is 4.16. The van der Waals surface area contributed by atoms with Gasteiger partial charge in [0, 0.05) is 29.8 Å². The number of aromatic nitrogens is 3. The van der Waals surface area contributed by atoms with Crippen LogP contribution in [-0.2, 0) is 6.54 Å². The zero-order valence-electron chi connectivity index (χ0n) is 13.0. The lowest BCUT2D eigenvalue weighted by molar-refractivity contribution is 0.0995. The summed E-state index contributed by atoms with van der Waals surface area (Å²) in [6.07, 6.45) is 5.98. The number of benzene rings is 1. The number of aryl methyl sites for hydroxylation is 2. The SMILES string of the molecule is Cc1cn(CCC(CO)n2cnc(C(N)=O)c2)c2ccccc12. The number of aliphatic hydroxyl groups is 1. The highest BCUT2D eigenvalue weighted by atomic mass is 16.3. The maximum atomic E-state index is 11.1. The molecule has 23 heavy (non-hydrogen) atoms. The highest BCUT2D eigenvalue weighted by molar-refractivity contribution is 5.90. The quantitative estimate of drug-likeness (QED) is 0.728. The second kappa shape index (κ2) is 6.26. The number of amides is 1. The molecule has 1 aromatic carbocycles. The van der Waals surface area contributed by atoms with Crippen LogP contribution in [0.3, 0.4) is 0 Å². The Hall–Kier alpha value is -2.60. The van der Waals surface area contributed by atoms with Gasteiger partial charge in [-0.05, 0) is 25.0 Å². The average molecular weight is 312 g/mol. The van der Waals surface area contributed by atoms with Crippen LogP contribution in [0, 0.1) is 6.92 Å². The molecule has 1 atom stereocenters. The van der Waals surface area contributed by atoms with E-state index in [4.69, 9.17) is 5.73 Å². The van der Waals surface area contributed by atoms with Crippen molar-refractivity contribution in [3.8, 4) is 0 Å². The standard InChI is InChI=1S/C17H20N4O2/c1-12-8-20(16-5-3-2-4-14(12)16)7-6-13(10-22)21-9-15(17(18)23)19-11-21/h2-5,8-9,11,13,22H,6-7,10H2,1H3,(H2,18,23). The summed E-state index contributed by atoms with van der Waals surface area (Å²) < 4.78 is 3.94. The van der Waals surface area contributed by atoms with Gasteiger partial charge >= 0.3 is 0 Å². The summed E-state index contributed by atoms with van der Waals surface area (Å²) in [6, 6.07) is 8.12. The summed E-state index contributed by atoms with van der Waals surface area (Å²) >= 11 is 0. The molecule has 6 heteroatoms. The van der Waals surface area contributed by atoms with Crippen LogP contribution in [0.5, 0.6) is 0 Å². The number of fused-ring (bicyclic) bond motifs is 1. The molecule has 0 aliphatic heterocycles. The molecule has 0 spiro atoms. The molecular formula is C17H20N4O2. The molecule has 120 valence electrons. The van der Waals surface area contributed by atoms with E-state index in [1.807, 2.05) is 12.1 Å². The van der Waals surface area contributed by atoms with Crippen molar-refractivity contribution in [3.63, 3.8) is 0 Å². The summed E-state index contributed by atoms with van der Waals surface area (Å²) in [6.45, 7) is 2.84. The number of carbonyl (C=O) groups is 1. The zero-order valence-corrected chi connectivity index (χ0v) is 13.0. The van der Waals surface area contributed by atoms with Gasteiger partial charge in [-0.15, -0.1) is 0 Å². The minimum absolute atomic E-state index is 0.0211. The number of nitrogens with two attached hydrogens (primary N) is 1. The third kappa shape index (κ3) is 2.98. The number of rotatable bonds is 6. The van der Waals surface area contributed by atoms with E-state index in [0.717, 1.165) is 13.0 Å². The van der Waals surface area contributed by atoms with Gasteiger partial charge in [0.05, 0.1) is 19.0 Å². The van der Waals surface area contributed by atoms with Crippen molar-refractivity contribution in [1.29, 1.82) is 0 Å². The predicted octanol–water partition coefficient (Wildman–Crippen LogP) is 1.87. The lowest BCUT2D eigenvalue weighted by Gasteiger charge is -2.16. The summed E-state index contributed by atoms with van der Waals surface area (Å²) in [5, 5.41) is 10.9. The number of aliphatic hydroxyl groups excluding tert-OH is 1. The first kappa shape index (κ1) is 15.3. The number of imidazole rings is 1. The molecule has 0 bridgehead atoms. The van der Waals surface area contributed by atoms with E-state index in [1.165, 1.54) is 16.5 Å². The fourth-order valence-corrected chi connectivity index (χ4v) is 2.90. The Balaban J connectivity index is 1.78. The normalized spacial score (nSPS) is 12.6. The molecule has 1 amide bonds. The molecule has 0 aliphatic carbocycles. The molecule has 3 aromatic rings. The van der Waals surface area contributed by atoms with Crippen molar-refractivity contribution >= 4 is 16.8 Å². The van der Waals surface area contributed by atoms with Crippen LogP contribution in [0.4, 0.5) is 0 Å². The van der Waals surface area contributed by atoms with Gasteiger partial charge in [0.1, 0.15) is 5.69 Å². The van der Waals surface area contributed by atoms with Gasteiger partial charge in [-0.3, -0.25) is 4.79 Å². The van der Waals surface area contributed by atoms with Crippen LogP contribution >= 0.6 is 0 Å². The van der Waals surface area contributed by atoms with Crippen molar-refractivity contribution in [1.82, 2.24) is 14.1 Å². The van der Waals surface area contributed by atoms with Crippen LogP contribution in [0.25, 0.3) is 10.9 Å². The zero-order chi connectivity index (χ0) is 16.4. The molecule has 0 saturated carbocycles. The molecule has 3 rings (SSSR count). The molecule has 0 fully saturated rings. The van der Waals surface area contributed by atoms with Crippen molar-refractivity contribution in [2.45, 2.75) is 25.9 Å². The van der Waals surface area contributed by atoms with Gasteiger partial charge in [-0.2, -0.15) is 0 Å². The van der Waals surface area contributed by atoms with Crippen molar-refractivity contribution in [3.05, 3.63) is 54.2 Å². The first-order chi connectivity index (χ1) is 11.1. The monoisotopic (exact) mass is 312 g/mol. The Morgan fingerprint density at radius 3 is 2.83 bits per heavy atom. The lowest BCUT2D eigenvalue weighted by Crippen LogP contribution is -2.15. The Labute approximate surface area is 134 Å². The Bertz CT molecular complexity index is 834. The topological polar surface area (TPSA) is 86.1 Å². The van der Waals surface area contributed by atoms with Gasteiger partial charge < -0.3 is 20.0 Å². The lowest BCUT2D eigenvalue weighted by atomic mass is 10.2. The van der Waals surface area contributed by atoms with E-state index in [0.29, 0.717) is 0 Å². The third-order valence-electron chi connectivity index (χ3n) is 4.18. The largest absolute Gasteiger partial charge is 0.394 e. The maximum absolute atomic E-state index is 11.1. The van der Waals surface area contributed by atoms with Gasteiger partial charge in [0.15, 0.2) is 0 Å². The van der Waals surface area contributed by atoms with Crippen molar-refractivity contribution < 1.29 is 9.90 Å². The fraction of sp³-hybridized carbons (Fsp3) is 0.294. The van der Waals surface area contributed by atoms with Crippen molar-refractivity contribution in [2.24, 2.45) is 5.73 Å². The molecule has 0 saturated heterocycles. The number of hydrogen-bond donors (Lipinski definition) is 2. The van der Waals surface area contributed by atoms with Crippen LogP contribution in [0.15, 0.2) is 43.0 Å². The molecular weight excluding hydrogens is 292 g/mol. The molecule has 0 aliphatic rings. The minimum Gasteiger partial charge on any atom is -0.394 e. The van der Waals surface area contributed by atoms with Crippen LogP contribution < -0.4 is 5.73 Å². The molecule has 3 N–H and O–H groups in total. The van der Waals surface area contributed by atoms with Crippen LogP contribution in [0.2, 0.25) is 0 Å². The van der Waals surface area contributed by atoms with Crippen LogP contribution in [-0.4, -0.2) is 31.7 Å². The van der Waals surface area contributed by atoms with Gasteiger partial charge in [0.25, 0.3) is 5.91 Å². The van der Waals surface area contributed by atoms with Gasteiger partial charge in [0.2, 0.25) is 0 Å². The molecule has 0 radical (unpaired) electrons. The first-order valence-electron chi connectivity index (χ1n) is 7.58. The third-order valence-corrected chi connectivity index (χ3v) is 4.18. The Morgan fingerprint density at radius 2 is 2.13 bits per heavy atom. The maximum Gasteiger partial charge on any atom is 0.268 e. The van der Waals surface area contributed by atoms with E-state index in [9.17, 15) is 9.90 Å². The second-order valence-corrected chi connectivity index (χ2v) is 5.72. The molecule has 2 aromatic heterocycles. The Morgan fingerprint density at radius 1 is 1.35 bits per heavy atom. The number of primary amides is 1. The number of para-hydroxylation sites is 1. The summed E-state index contributed by atoms with van der Waals surface area (Å²) in [5.74, 6) is -0.563. The molecule has 2 heterocycles. The highest BCUT2D eigenvalue weighted by Crippen LogP contribution is 2.22. The van der Waals surface area contributed by atoms with E-state index < -0.39 is 5.91 Å². The van der Waals surface area contributed by atoms with E-state index >= 15 is 0 Å². The molecule has 1 unspecified atom stereocenters. The minimum atomic E-state index is -0.563. The number of hydrogen-bond acceptors (Lipinski definition) is 3. The number of nitrogens with zero attached hydrogens (tertiary/aromatic N) is 3. The fourth-order valence-electron chi connectivity index (χ4n) is 2.90. The summed E-state index contributed by atoms with van der Waals surface area (Å²) in [4.78, 5) is 15.1. The van der Waals surface area contributed by atoms with E-state index in [-0.39, 0.29) is 18.3 Å². The highest BCUT2D eigenvalue weighted by Gasteiger charge is 2.14. The van der Waals surface area contributed by atoms with Crippen LogP contribution in [0.1, 0.15) is 28.5 Å². The summed E-state index contributed by atoms with van der Waals surface area (Å²) in [5.41, 5.74) is 7.85. The van der Waals surface area contributed by atoms with E-state index in [2.05, 4.69) is 34.8 Å². The molecule has 6 nitrogen and oxygen atoms in total. The van der Waals surface area contributed by atoms with Gasteiger partial charge in [-0.25, -0.2) is 4.98 Å². The second-order valence-electron chi connectivity index (χ2n) is 5.72.